The van der Waals surface area contributed by atoms with Gasteiger partial charge in [0.15, 0.2) is 0 Å². The van der Waals surface area contributed by atoms with Gasteiger partial charge in [0.1, 0.15) is 0 Å². The van der Waals surface area contributed by atoms with E-state index in [0.29, 0.717) is 0 Å². The van der Waals surface area contributed by atoms with Gasteiger partial charge in [0, 0.05) is 12.3 Å². The molecule has 1 heterocycles. The Balaban J connectivity index is 2.79. The Labute approximate surface area is 60.9 Å². The minimum absolute atomic E-state index is 0.266. The van der Waals surface area contributed by atoms with Gasteiger partial charge in [0.25, 0.3) is 0 Å². The zero-order valence-electron chi connectivity index (χ0n) is 5.28. The van der Waals surface area contributed by atoms with E-state index in [-0.39, 0.29) is 5.95 Å². The van der Waals surface area contributed by atoms with Crippen LogP contribution < -0.4 is 5.32 Å². The number of carboxylic acid groups (broad SMARTS) is 1. The van der Waals surface area contributed by atoms with Gasteiger partial charge in [-0.1, -0.05) is 0 Å². The van der Waals surface area contributed by atoms with Gasteiger partial charge in [0.2, 0.25) is 11.9 Å². The number of rotatable bonds is 1. The van der Waals surface area contributed by atoms with Gasteiger partial charge in [0.05, 0.1) is 0 Å². The van der Waals surface area contributed by atoms with E-state index in [1.54, 1.807) is 5.32 Å². The molecule has 0 atom stereocenters. The number of amides is 1. The highest BCUT2D eigenvalue weighted by Gasteiger charge is 2.00. The zero-order valence-corrected chi connectivity index (χ0v) is 5.28. The second kappa shape index (κ2) is 2.91. The summed E-state index contributed by atoms with van der Waals surface area (Å²) in [4.78, 5) is 16.5. The predicted octanol–water partition coefficient (Wildman–Crippen LogP) is 0.706. The Hall–Kier alpha value is -1.72. The first-order chi connectivity index (χ1) is 5.18. The van der Waals surface area contributed by atoms with Crippen molar-refractivity contribution in [3.63, 3.8) is 0 Å². The minimum atomic E-state index is -1.32. The van der Waals surface area contributed by atoms with Gasteiger partial charge >= 0.3 is 6.09 Å². The molecule has 1 aromatic rings. The van der Waals surface area contributed by atoms with E-state index in [4.69, 9.17) is 5.11 Å². The molecule has 1 rings (SSSR count). The molecule has 11 heavy (non-hydrogen) atoms. The van der Waals surface area contributed by atoms with E-state index >= 15 is 0 Å². The summed E-state index contributed by atoms with van der Waals surface area (Å²) in [5.41, 5.74) is 0. The molecule has 0 saturated carbocycles. The lowest BCUT2D eigenvalue weighted by Crippen LogP contribution is -2.10. The zero-order chi connectivity index (χ0) is 8.27. The van der Waals surface area contributed by atoms with Crippen LogP contribution in [0.5, 0.6) is 0 Å². The van der Waals surface area contributed by atoms with E-state index in [2.05, 4.69) is 9.97 Å². The van der Waals surface area contributed by atoms with Gasteiger partial charge < -0.3 is 5.11 Å². The first-order valence-corrected chi connectivity index (χ1v) is 2.67. The largest absolute Gasteiger partial charge is 0.465 e. The molecule has 2 N–H and O–H groups in total. The predicted molar refractivity (Wildman–Crippen MR) is 33.6 cm³/mol. The number of aromatic nitrogens is 2. The van der Waals surface area contributed by atoms with Crippen LogP contribution in [0.25, 0.3) is 0 Å². The summed E-state index contributed by atoms with van der Waals surface area (Å²) in [6.07, 6.45) is -0.205. The van der Waals surface area contributed by atoms with Crippen molar-refractivity contribution in [2.75, 3.05) is 5.32 Å². The Kier molecular flexibility index (Phi) is 1.95. The second-order valence-corrected chi connectivity index (χ2v) is 1.63. The first-order valence-electron chi connectivity index (χ1n) is 2.67. The van der Waals surface area contributed by atoms with Crippen LogP contribution in [0, 0.1) is 5.95 Å². The molecule has 0 aliphatic heterocycles. The van der Waals surface area contributed by atoms with Gasteiger partial charge in [-0.15, -0.1) is 0 Å². The molecule has 0 saturated heterocycles. The fourth-order valence-corrected chi connectivity index (χ4v) is 0.493. The van der Waals surface area contributed by atoms with Crippen molar-refractivity contribution in [3.8, 4) is 0 Å². The fraction of sp³-hybridized carbons (Fsp3) is 0. The monoisotopic (exact) mass is 157 g/mol. The standard InChI is InChI=1S/C5H4FN3O2/c6-3-1-2-7-4(8-3)9-5(10)11/h1-2H,(H,10,11)(H,7,8,9). The topological polar surface area (TPSA) is 75.1 Å². The van der Waals surface area contributed by atoms with Gasteiger partial charge in [-0.3, -0.25) is 5.32 Å². The van der Waals surface area contributed by atoms with Crippen molar-refractivity contribution < 1.29 is 14.3 Å². The molecule has 1 amide bonds. The summed E-state index contributed by atoms with van der Waals surface area (Å²) in [5.74, 6) is -1.04. The van der Waals surface area contributed by atoms with Crippen LogP contribution in [0.3, 0.4) is 0 Å². The van der Waals surface area contributed by atoms with Crippen molar-refractivity contribution in [2.24, 2.45) is 0 Å². The van der Waals surface area contributed by atoms with Gasteiger partial charge in [-0.25, -0.2) is 9.78 Å². The van der Waals surface area contributed by atoms with E-state index in [9.17, 15) is 9.18 Å². The van der Waals surface area contributed by atoms with Crippen LogP contribution in [0.2, 0.25) is 0 Å². The SMILES string of the molecule is O=C(O)Nc1nccc(F)n1. The smallest absolute Gasteiger partial charge is 0.411 e. The molecule has 1 aromatic heterocycles. The Bertz CT molecular complexity index is 278. The van der Waals surface area contributed by atoms with Crippen molar-refractivity contribution in [3.05, 3.63) is 18.2 Å². The molecular formula is C5H4FN3O2. The molecular weight excluding hydrogens is 153 g/mol. The highest BCUT2D eigenvalue weighted by Crippen LogP contribution is 1.97. The third kappa shape index (κ3) is 2.17. The summed E-state index contributed by atoms with van der Waals surface area (Å²) in [6, 6.07) is 1.02. The number of halogens is 1. The fourth-order valence-electron chi connectivity index (χ4n) is 0.493. The third-order valence-corrected chi connectivity index (χ3v) is 0.840. The summed E-state index contributed by atoms with van der Waals surface area (Å²) in [7, 11) is 0. The van der Waals surface area contributed by atoms with Crippen LogP contribution in [0.1, 0.15) is 0 Å². The van der Waals surface area contributed by atoms with Crippen molar-refractivity contribution >= 4 is 12.0 Å². The summed E-state index contributed by atoms with van der Waals surface area (Å²) in [6.45, 7) is 0. The lowest BCUT2D eigenvalue weighted by Gasteiger charge is -1.95. The normalized spacial score (nSPS) is 9.18. The van der Waals surface area contributed by atoms with Crippen molar-refractivity contribution in [1.29, 1.82) is 0 Å². The minimum Gasteiger partial charge on any atom is -0.465 e. The molecule has 0 fully saturated rings. The summed E-state index contributed by atoms with van der Waals surface area (Å²) < 4.78 is 12.2. The maximum atomic E-state index is 12.2. The van der Waals surface area contributed by atoms with Crippen LogP contribution in [0.4, 0.5) is 15.1 Å². The lowest BCUT2D eigenvalue weighted by atomic mass is 10.6. The molecule has 58 valence electrons. The summed E-state index contributed by atoms with van der Waals surface area (Å²) in [5, 5.41) is 9.94. The lowest BCUT2D eigenvalue weighted by molar-refractivity contribution is 0.209. The van der Waals surface area contributed by atoms with Gasteiger partial charge in [-0.05, 0) is 0 Å². The second-order valence-electron chi connectivity index (χ2n) is 1.63. The molecule has 0 aliphatic rings. The molecule has 0 unspecified atom stereocenters. The number of hydrogen-bond acceptors (Lipinski definition) is 3. The molecule has 0 spiro atoms. The Morgan fingerprint density at radius 2 is 2.45 bits per heavy atom. The highest BCUT2D eigenvalue weighted by molar-refractivity contribution is 5.79. The number of nitrogens with zero attached hydrogens (tertiary/aromatic N) is 2. The van der Waals surface area contributed by atoms with E-state index in [0.717, 1.165) is 12.3 Å². The average Bonchev–Trinajstić information content (AvgIpc) is 1.85. The number of anilines is 1. The van der Waals surface area contributed by atoms with Crippen LogP contribution in [-0.4, -0.2) is 21.2 Å². The van der Waals surface area contributed by atoms with Crippen LogP contribution in [-0.2, 0) is 0 Å². The first kappa shape index (κ1) is 7.39. The molecule has 0 bridgehead atoms. The highest BCUT2D eigenvalue weighted by atomic mass is 19.1. The molecule has 6 heteroatoms. The maximum absolute atomic E-state index is 12.2. The van der Waals surface area contributed by atoms with Crippen LogP contribution in [0.15, 0.2) is 12.3 Å². The van der Waals surface area contributed by atoms with Gasteiger partial charge in [-0.2, -0.15) is 9.37 Å². The molecule has 5 nitrogen and oxygen atoms in total. The molecule has 0 aliphatic carbocycles. The summed E-state index contributed by atoms with van der Waals surface area (Å²) >= 11 is 0. The molecule has 0 radical (unpaired) electrons. The number of carbonyl (C=O) groups is 1. The van der Waals surface area contributed by atoms with Crippen molar-refractivity contribution in [2.45, 2.75) is 0 Å². The van der Waals surface area contributed by atoms with E-state index < -0.39 is 12.0 Å². The Morgan fingerprint density at radius 1 is 1.73 bits per heavy atom. The number of nitrogens with one attached hydrogen (secondary N) is 1. The molecule has 0 aromatic carbocycles. The average molecular weight is 157 g/mol. The van der Waals surface area contributed by atoms with Crippen LogP contribution >= 0.6 is 0 Å². The quantitative estimate of drug-likeness (QED) is 0.588. The Morgan fingerprint density at radius 3 is 3.00 bits per heavy atom. The van der Waals surface area contributed by atoms with E-state index in [1.165, 1.54) is 0 Å². The van der Waals surface area contributed by atoms with E-state index in [1.807, 2.05) is 0 Å². The third-order valence-electron chi connectivity index (χ3n) is 0.840. The maximum Gasteiger partial charge on any atom is 0.411 e. The van der Waals surface area contributed by atoms with Crippen molar-refractivity contribution in [1.82, 2.24) is 9.97 Å². The number of hydrogen-bond donors (Lipinski definition) is 2.